The van der Waals surface area contributed by atoms with Crippen molar-refractivity contribution in [1.29, 1.82) is 0 Å². The Balaban J connectivity index is 2.31. The number of carbonyl (C=O) groups excluding carboxylic acids is 1. The number of esters is 1. The molecule has 0 aromatic carbocycles. The number of aliphatic imine (C=N–C) groups is 1. The molecule has 1 unspecified atom stereocenters. The molecular formula is C15H29N3O3. The van der Waals surface area contributed by atoms with Gasteiger partial charge in [-0.05, 0) is 25.2 Å². The van der Waals surface area contributed by atoms with Crippen molar-refractivity contribution in [2.75, 3.05) is 47.5 Å². The summed E-state index contributed by atoms with van der Waals surface area (Å²) in [4.78, 5) is 17.8. The van der Waals surface area contributed by atoms with E-state index in [1.807, 2.05) is 14.0 Å². The molecule has 6 nitrogen and oxygen atoms in total. The fourth-order valence-electron chi connectivity index (χ4n) is 2.43. The molecule has 0 radical (unpaired) electrons. The number of rotatable bonds is 6. The van der Waals surface area contributed by atoms with E-state index >= 15 is 0 Å². The highest BCUT2D eigenvalue weighted by molar-refractivity contribution is 5.80. The first-order chi connectivity index (χ1) is 10.1. The van der Waals surface area contributed by atoms with Gasteiger partial charge in [0.2, 0.25) is 0 Å². The van der Waals surface area contributed by atoms with E-state index in [1.165, 1.54) is 7.11 Å². The number of nitrogens with one attached hydrogen (secondary N) is 1. The SMILES string of the molecule is CN=C(NCC(C)C(=O)OC)N(C)CCC1CCOCC1. The molecule has 1 heterocycles. The maximum absolute atomic E-state index is 11.4. The molecule has 21 heavy (non-hydrogen) atoms. The summed E-state index contributed by atoms with van der Waals surface area (Å²) in [6, 6.07) is 0. The minimum absolute atomic E-state index is 0.185. The lowest BCUT2D eigenvalue weighted by Crippen LogP contribution is -2.42. The number of hydrogen-bond donors (Lipinski definition) is 1. The molecular weight excluding hydrogens is 270 g/mol. The third kappa shape index (κ3) is 6.33. The van der Waals surface area contributed by atoms with Gasteiger partial charge in [-0.15, -0.1) is 0 Å². The molecule has 1 fully saturated rings. The van der Waals surface area contributed by atoms with Gasteiger partial charge in [0.1, 0.15) is 0 Å². The summed E-state index contributed by atoms with van der Waals surface area (Å²) in [5.41, 5.74) is 0. The minimum atomic E-state index is -0.206. The first kappa shape index (κ1) is 17.8. The number of nitrogens with zero attached hydrogens (tertiary/aromatic N) is 2. The van der Waals surface area contributed by atoms with E-state index in [0.29, 0.717) is 6.54 Å². The average Bonchev–Trinajstić information content (AvgIpc) is 2.53. The van der Waals surface area contributed by atoms with Crippen molar-refractivity contribution in [2.45, 2.75) is 26.2 Å². The molecule has 0 aromatic rings. The highest BCUT2D eigenvalue weighted by Gasteiger charge is 2.17. The van der Waals surface area contributed by atoms with Crippen molar-refractivity contribution < 1.29 is 14.3 Å². The molecule has 6 heteroatoms. The standard InChI is InChI=1S/C15H29N3O3/c1-12(14(19)20-4)11-17-15(16-2)18(3)8-5-13-6-9-21-10-7-13/h12-13H,5-11H2,1-4H3,(H,16,17). The molecule has 0 amide bonds. The van der Waals surface area contributed by atoms with E-state index in [4.69, 9.17) is 9.47 Å². The molecule has 122 valence electrons. The Morgan fingerprint density at radius 2 is 2.14 bits per heavy atom. The van der Waals surface area contributed by atoms with Gasteiger partial charge in [-0.3, -0.25) is 9.79 Å². The Bertz CT molecular complexity index is 341. The molecule has 0 aromatic heterocycles. The van der Waals surface area contributed by atoms with Crippen molar-refractivity contribution in [2.24, 2.45) is 16.8 Å². The monoisotopic (exact) mass is 299 g/mol. The Labute approximate surface area is 127 Å². The molecule has 1 rings (SSSR count). The van der Waals surface area contributed by atoms with Crippen LogP contribution in [-0.2, 0) is 14.3 Å². The fourth-order valence-corrected chi connectivity index (χ4v) is 2.43. The van der Waals surface area contributed by atoms with Crippen LogP contribution in [0.5, 0.6) is 0 Å². The van der Waals surface area contributed by atoms with Crippen LogP contribution in [0.1, 0.15) is 26.2 Å². The second-order valence-corrected chi connectivity index (χ2v) is 5.62. The van der Waals surface area contributed by atoms with Gasteiger partial charge >= 0.3 is 5.97 Å². The van der Waals surface area contributed by atoms with Gasteiger partial charge in [0.15, 0.2) is 5.96 Å². The maximum atomic E-state index is 11.4. The fraction of sp³-hybridized carbons (Fsp3) is 0.867. The zero-order chi connectivity index (χ0) is 15.7. The van der Waals surface area contributed by atoms with Crippen LogP contribution in [0.25, 0.3) is 0 Å². The van der Waals surface area contributed by atoms with Crippen molar-refractivity contribution in [3.05, 3.63) is 0 Å². The quantitative estimate of drug-likeness (QED) is 0.452. The molecule has 1 aliphatic heterocycles. The number of guanidine groups is 1. The van der Waals surface area contributed by atoms with Crippen LogP contribution in [-0.4, -0.2) is 64.3 Å². The van der Waals surface area contributed by atoms with Crippen molar-refractivity contribution in [3.63, 3.8) is 0 Å². The summed E-state index contributed by atoms with van der Waals surface area (Å²) >= 11 is 0. The van der Waals surface area contributed by atoms with E-state index < -0.39 is 0 Å². The van der Waals surface area contributed by atoms with Gasteiger partial charge in [0.05, 0.1) is 13.0 Å². The number of methoxy groups -OCH3 is 1. The van der Waals surface area contributed by atoms with Gasteiger partial charge in [-0.2, -0.15) is 0 Å². The minimum Gasteiger partial charge on any atom is -0.469 e. The predicted octanol–water partition coefficient (Wildman–Crippen LogP) is 1.12. The second-order valence-electron chi connectivity index (χ2n) is 5.62. The zero-order valence-electron chi connectivity index (χ0n) is 13.7. The summed E-state index contributed by atoms with van der Waals surface area (Å²) in [7, 11) is 5.20. The predicted molar refractivity (Wildman–Crippen MR) is 83.3 cm³/mol. The summed E-state index contributed by atoms with van der Waals surface area (Å²) in [6.07, 6.45) is 3.45. The van der Waals surface area contributed by atoms with E-state index in [-0.39, 0.29) is 11.9 Å². The maximum Gasteiger partial charge on any atom is 0.310 e. The number of ether oxygens (including phenoxy) is 2. The second kappa shape index (κ2) is 9.60. The largest absolute Gasteiger partial charge is 0.469 e. The van der Waals surface area contributed by atoms with Gasteiger partial charge in [0, 0.05) is 40.4 Å². The van der Waals surface area contributed by atoms with Crippen LogP contribution in [0.3, 0.4) is 0 Å². The lowest BCUT2D eigenvalue weighted by Gasteiger charge is -2.27. The summed E-state index contributed by atoms with van der Waals surface area (Å²) < 4.78 is 10.1. The van der Waals surface area contributed by atoms with Gasteiger partial charge in [0.25, 0.3) is 0 Å². The van der Waals surface area contributed by atoms with Crippen LogP contribution < -0.4 is 5.32 Å². The van der Waals surface area contributed by atoms with Crippen LogP contribution in [0.2, 0.25) is 0 Å². The van der Waals surface area contributed by atoms with Crippen molar-refractivity contribution in [3.8, 4) is 0 Å². The summed E-state index contributed by atoms with van der Waals surface area (Å²) in [5, 5.41) is 3.22. The number of carbonyl (C=O) groups is 1. The third-order valence-electron chi connectivity index (χ3n) is 3.96. The molecule has 1 aliphatic rings. The highest BCUT2D eigenvalue weighted by atomic mass is 16.5. The van der Waals surface area contributed by atoms with E-state index in [0.717, 1.165) is 50.9 Å². The number of hydrogen-bond acceptors (Lipinski definition) is 4. The Hall–Kier alpha value is -1.30. The molecule has 1 atom stereocenters. The summed E-state index contributed by atoms with van der Waals surface area (Å²) in [6.45, 7) is 5.10. The zero-order valence-corrected chi connectivity index (χ0v) is 13.7. The first-order valence-corrected chi connectivity index (χ1v) is 7.65. The van der Waals surface area contributed by atoms with Crippen LogP contribution in [0.4, 0.5) is 0 Å². The lowest BCUT2D eigenvalue weighted by atomic mass is 9.96. The van der Waals surface area contributed by atoms with Crippen LogP contribution >= 0.6 is 0 Å². The lowest BCUT2D eigenvalue weighted by molar-refractivity contribution is -0.144. The van der Waals surface area contributed by atoms with Crippen LogP contribution in [0, 0.1) is 11.8 Å². The topological polar surface area (TPSA) is 63.2 Å². The molecule has 0 spiro atoms. The van der Waals surface area contributed by atoms with Crippen LogP contribution in [0.15, 0.2) is 4.99 Å². The molecule has 1 N–H and O–H groups in total. The Morgan fingerprint density at radius 3 is 2.71 bits per heavy atom. The van der Waals surface area contributed by atoms with Crippen molar-refractivity contribution >= 4 is 11.9 Å². The van der Waals surface area contributed by atoms with E-state index in [1.54, 1.807) is 7.05 Å². The molecule has 0 bridgehead atoms. The highest BCUT2D eigenvalue weighted by Crippen LogP contribution is 2.18. The molecule has 0 saturated carbocycles. The van der Waals surface area contributed by atoms with Crippen molar-refractivity contribution in [1.82, 2.24) is 10.2 Å². The normalized spacial score (nSPS) is 18.2. The average molecular weight is 299 g/mol. The summed E-state index contributed by atoms with van der Waals surface area (Å²) in [5.74, 6) is 1.17. The van der Waals surface area contributed by atoms with E-state index in [2.05, 4.69) is 15.2 Å². The molecule has 1 saturated heterocycles. The Kier molecular flexibility index (Phi) is 8.12. The molecule has 0 aliphatic carbocycles. The van der Waals surface area contributed by atoms with E-state index in [9.17, 15) is 4.79 Å². The van der Waals surface area contributed by atoms with Gasteiger partial charge < -0.3 is 19.7 Å². The van der Waals surface area contributed by atoms with Gasteiger partial charge in [-0.1, -0.05) is 6.92 Å². The first-order valence-electron chi connectivity index (χ1n) is 7.65. The third-order valence-corrected chi connectivity index (χ3v) is 3.96. The smallest absolute Gasteiger partial charge is 0.310 e. The van der Waals surface area contributed by atoms with Gasteiger partial charge in [-0.25, -0.2) is 0 Å². The Morgan fingerprint density at radius 1 is 1.48 bits per heavy atom.